The van der Waals surface area contributed by atoms with Crippen molar-refractivity contribution in [3.8, 4) is 0 Å². The third-order valence-electron chi connectivity index (χ3n) is 2.01. The van der Waals surface area contributed by atoms with Crippen molar-refractivity contribution in [3.05, 3.63) is 42.5 Å². The molecule has 1 radical (unpaired) electrons. The molecule has 0 bridgehead atoms. The summed E-state index contributed by atoms with van der Waals surface area (Å²) in [7, 11) is 0. The second kappa shape index (κ2) is 7.44. The molecule has 4 nitrogen and oxygen atoms in total. The van der Waals surface area contributed by atoms with Gasteiger partial charge in [-0.05, 0) is 18.6 Å². The van der Waals surface area contributed by atoms with Gasteiger partial charge >= 0.3 is 11.9 Å². The van der Waals surface area contributed by atoms with Gasteiger partial charge in [0, 0.05) is 0 Å². The third-order valence-corrected chi connectivity index (χ3v) is 2.01. The maximum atomic E-state index is 11.4. The normalized spacial score (nSPS) is 9.71. The van der Waals surface area contributed by atoms with Crippen LogP contribution >= 0.6 is 0 Å². The van der Waals surface area contributed by atoms with Gasteiger partial charge in [0.25, 0.3) is 0 Å². The van der Waals surface area contributed by atoms with E-state index in [2.05, 4.69) is 4.74 Å². The van der Waals surface area contributed by atoms with Crippen molar-refractivity contribution >= 4 is 11.9 Å². The van der Waals surface area contributed by atoms with Crippen LogP contribution in [0.15, 0.2) is 30.3 Å². The molecule has 0 heterocycles. The minimum atomic E-state index is -0.636. The molecule has 0 atom stereocenters. The van der Waals surface area contributed by atoms with Crippen LogP contribution < -0.4 is 0 Å². The molecule has 1 rings (SSSR count). The van der Waals surface area contributed by atoms with Gasteiger partial charge in [0.1, 0.15) is 0 Å². The van der Waals surface area contributed by atoms with E-state index in [1.54, 1.807) is 30.3 Å². The number of rotatable bonds is 6. The van der Waals surface area contributed by atoms with E-state index in [1.807, 2.05) is 6.92 Å². The molecule has 17 heavy (non-hydrogen) atoms. The fourth-order valence-corrected chi connectivity index (χ4v) is 1.10. The first-order valence-corrected chi connectivity index (χ1v) is 5.50. The van der Waals surface area contributed by atoms with Crippen LogP contribution in [0.4, 0.5) is 0 Å². The molecule has 0 aromatic heterocycles. The van der Waals surface area contributed by atoms with Crippen molar-refractivity contribution in [1.29, 1.82) is 0 Å². The third kappa shape index (κ3) is 5.15. The van der Waals surface area contributed by atoms with Crippen LogP contribution in [0.1, 0.15) is 30.1 Å². The zero-order chi connectivity index (χ0) is 12.5. The first kappa shape index (κ1) is 13.2. The van der Waals surface area contributed by atoms with Crippen molar-refractivity contribution in [2.75, 3.05) is 6.61 Å². The number of unbranched alkanes of at least 4 members (excludes halogenated alkanes) is 1. The summed E-state index contributed by atoms with van der Waals surface area (Å²) in [6.07, 6.45) is 1.74. The molecule has 4 heteroatoms. The predicted octanol–water partition coefficient (Wildman–Crippen LogP) is 2.35. The van der Waals surface area contributed by atoms with Crippen LogP contribution in [0.5, 0.6) is 0 Å². The number of carbonyl (C=O) groups is 2. The Bertz CT molecular complexity index is 359. The van der Waals surface area contributed by atoms with Gasteiger partial charge in [-0.2, -0.15) is 0 Å². The highest BCUT2D eigenvalue weighted by Crippen LogP contribution is 2.02. The first-order chi connectivity index (χ1) is 8.24. The van der Waals surface area contributed by atoms with Crippen molar-refractivity contribution in [3.63, 3.8) is 0 Å². The van der Waals surface area contributed by atoms with Gasteiger partial charge in [-0.3, -0.25) is 0 Å². The summed E-state index contributed by atoms with van der Waals surface area (Å²) in [6, 6.07) is 8.45. The van der Waals surface area contributed by atoms with Crippen molar-refractivity contribution < 1.29 is 19.1 Å². The summed E-state index contributed by atoms with van der Waals surface area (Å²) >= 11 is 0. The van der Waals surface area contributed by atoms with E-state index < -0.39 is 11.9 Å². The van der Waals surface area contributed by atoms with Crippen LogP contribution in [0.2, 0.25) is 0 Å². The van der Waals surface area contributed by atoms with Crippen molar-refractivity contribution in [2.45, 2.75) is 19.8 Å². The zero-order valence-electron chi connectivity index (χ0n) is 9.72. The molecule has 0 fully saturated rings. The van der Waals surface area contributed by atoms with E-state index >= 15 is 0 Å². The summed E-state index contributed by atoms with van der Waals surface area (Å²) in [5, 5.41) is 0. The van der Waals surface area contributed by atoms with Gasteiger partial charge < -0.3 is 9.47 Å². The molecule has 1 aromatic rings. The van der Waals surface area contributed by atoms with Crippen LogP contribution in [0.3, 0.4) is 0 Å². The molecule has 0 unspecified atom stereocenters. The molecule has 1 aromatic carbocycles. The van der Waals surface area contributed by atoms with Gasteiger partial charge in [0.2, 0.25) is 6.61 Å². The van der Waals surface area contributed by atoms with Crippen LogP contribution in [0.25, 0.3) is 0 Å². The molecular formula is C13H15O4. The lowest BCUT2D eigenvalue weighted by Gasteiger charge is -2.04. The number of hydrogen-bond acceptors (Lipinski definition) is 4. The van der Waals surface area contributed by atoms with Gasteiger partial charge in [0.05, 0.1) is 12.2 Å². The quantitative estimate of drug-likeness (QED) is 0.561. The highest BCUT2D eigenvalue weighted by molar-refractivity contribution is 5.92. The van der Waals surface area contributed by atoms with E-state index in [9.17, 15) is 9.59 Å². The predicted molar refractivity (Wildman–Crippen MR) is 62.0 cm³/mol. The molecule has 0 amide bonds. The van der Waals surface area contributed by atoms with Crippen LogP contribution in [-0.4, -0.2) is 18.5 Å². The lowest BCUT2D eigenvalue weighted by molar-refractivity contribution is -0.143. The minimum absolute atomic E-state index is 0.342. The average molecular weight is 235 g/mol. The van der Waals surface area contributed by atoms with E-state index in [4.69, 9.17) is 4.74 Å². The fourth-order valence-electron chi connectivity index (χ4n) is 1.10. The maximum Gasteiger partial charge on any atom is 0.352 e. The Labute approximate surface area is 101 Å². The lowest BCUT2D eigenvalue weighted by Crippen LogP contribution is -2.12. The largest absolute Gasteiger partial charge is 0.463 e. The van der Waals surface area contributed by atoms with E-state index in [0.29, 0.717) is 12.2 Å². The zero-order valence-corrected chi connectivity index (χ0v) is 9.72. The Morgan fingerprint density at radius 2 is 1.94 bits per heavy atom. The molecule has 0 aliphatic heterocycles. The van der Waals surface area contributed by atoms with Gasteiger partial charge in [-0.25, -0.2) is 9.59 Å². The van der Waals surface area contributed by atoms with Gasteiger partial charge in [-0.15, -0.1) is 0 Å². The number of benzene rings is 1. The second-order valence-electron chi connectivity index (χ2n) is 3.41. The van der Waals surface area contributed by atoms with Crippen molar-refractivity contribution in [2.24, 2.45) is 0 Å². The molecule has 91 valence electrons. The average Bonchev–Trinajstić information content (AvgIpc) is 2.37. The SMILES string of the molecule is CCCCOC(=O)[CH]OC(=O)c1ccccc1. The lowest BCUT2D eigenvalue weighted by atomic mass is 10.2. The molecule has 0 saturated heterocycles. The summed E-state index contributed by atoms with van der Waals surface area (Å²) < 4.78 is 9.48. The highest BCUT2D eigenvalue weighted by atomic mass is 16.6. The molecular weight excluding hydrogens is 220 g/mol. The van der Waals surface area contributed by atoms with Gasteiger partial charge in [0.15, 0.2) is 0 Å². The number of ether oxygens (including phenoxy) is 2. The van der Waals surface area contributed by atoms with E-state index in [0.717, 1.165) is 19.4 Å². The summed E-state index contributed by atoms with van der Waals surface area (Å²) in [5.41, 5.74) is 0.394. The maximum absolute atomic E-state index is 11.4. The van der Waals surface area contributed by atoms with E-state index in [-0.39, 0.29) is 0 Å². The Hall–Kier alpha value is -1.84. The second-order valence-corrected chi connectivity index (χ2v) is 3.41. The highest BCUT2D eigenvalue weighted by Gasteiger charge is 2.11. The number of hydrogen-bond donors (Lipinski definition) is 0. The summed E-state index contributed by atoms with van der Waals surface area (Å²) in [5.74, 6) is -1.21. The van der Waals surface area contributed by atoms with Crippen molar-refractivity contribution in [1.82, 2.24) is 0 Å². The molecule has 0 spiro atoms. The molecule has 0 aliphatic carbocycles. The smallest absolute Gasteiger partial charge is 0.352 e. The van der Waals surface area contributed by atoms with Crippen LogP contribution in [-0.2, 0) is 14.3 Å². The summed E-state index contributed by atoms with van der Waals surface area (Å²) in [6.45, 7) is 3.13. The van der Waals surface area contributed by atoms with Crippen LogP contribution in [0, 0.1) is 6.61 Å². The first-order valence-electron chi connectivity index (χ1n) is 5.50. The Morgan fingerprint density at radius 3 is 2.59 bits per heavy atom. The monoisotopic (exact) mass is 235 g/mol. The standard InChI is InChI=1S/C13H15O4/c1-2-3-9-16-12(14)10-17-13(15)11-7-5-4-6-8-11/h4-8,10H,2-3,9H2,1H3. The molecule has 0 N–H and O–H groups in total. The van der Waals surface area contributed by atoms with E-state index in [1.165, 1.54) is 0 Å². The number of esters is 2. The number of carbonyl (C=O) groups excluding carboxylic acids is 2. The minimum Gasteiger partial charge on any atom is -0.463 e. The molecule has 0 saturated carbocycles. The Kier molecular flexibility index (Phi) is 5.79. The van der Waals surface area contributed by atoms with Gasteiger partial charge in [-0.1, -0.05) is 31.5 Å². The fraction of sp³-hybridized carbons (Fsp3) is 0.308. The summed E-state index contributed by atoms with van der Waals surface area (Å²) in [4.78, 5) is 22.5. The topological polar surface area (TPSA) is 52.6 Å². The Balaban J connectivity index is 2.26. The Morgan fingerprint density at radius 1 is 1.24 bits per heavy atom. The molecule has 0 aliphatic rings.